The van der Waals surface area contributed by atoms with E-state index in [9.17, 15) is 5.11 Å². The Balaban J connectivity index is 2.38. The Hall–Kier alpha value is -0.120. The average Bonchev–Trinajstić information content (AvgIpc) is 2.36. The number of aliphatic hydroxyl groups is 2. The fraction of sp³-hybridized carbons (Fsp3) is 1.00. The second-order valence-electron chi connectivity index (χ2n) is 5.55. The number of aliphatic hydroxyl groups excluding tert-OH is 2. The lowest BCUT2D eigenvalue weighted by Gasteiger charge is -2.37. The van der Waals surface area contributed by atoms with Crippen molar-refractivity contribution in [3.8, 4) is 0 Å². The van der Waals surface area contributed by atoms with Crippen LogP contribution in [0.25, 0.3) is 0 Å². The molecule has 0 bridgehead atoms. The molecule has 0 amide bonds. The van der Waals surface area contributed by atoms with Crippen LogP contribution in [0.1, 0.15) is 46.0 Å². The number of rotatable bonds is 6. The molecular formula is C13H27NO2. The third-order valence-corrected chi connectivity index (χ3v) is 4.19. The van der Waals surface area contributed by atoms with Gasteiger partial charge in [-0.1, -0.05) is 26.2 Å². The van der Waals surface area contributed by atoms with Gasteiger partial charge in [0, 0.05) is 31.2 Å². The zero-order valence-corrected chi connectivity index (χ0v) is 10.7. The Kier molecular flexibility index (Phi) is 5.73. The number of nitrogens with one attached hydrogen (secondary N) is 1. The van der Waals surface area contributed by atoms with Crippen molar-refractivity contribution in [2.45, 2.75) is 52.0 Å². The molecule has 2 atom stereocenters. The van der Waals surface area contributed by atoms with Crippen molar-refractivity contribution in [2.24, 2.45) is 11.3 Å². The maximum Gasteiger partial charge on any atom is 0.0499 e. The van der Waals surface area contributed by atoms with E-state index < -0.39 is 0 Å². The lowest BCUT2D eigenvalue weighted by atomic mass is 9.74. The maximum absolute atomic E-state index is 9.56. The monoisotopic (exact) mass is 229 g/mol. The molecule has 0 radical (unpaired) electrons. The van der Waals surface area contributed by atoms with E-state index in [2.05, 4.69) is 12.2 Å². The minimum absolute atomic E-state index is 0.0989. The van der Waals surface area contributed by atoms with E-state index in [0.29, 0.717) is 12.6 Å². The van der Waals surface area contributed by atoms with Gasteiger partial charge in [0.25, 0.3) is 0 Å². The first-order chi connectivity index (χ1) is 7.63. The normalized spacial score (nSPS) is 24.0. The Morgan fingerprint density at radius 3 is 2.25 bits per heavy atom. The summed E-state index contributed by atoms with van der Waals surface area (Å²) in [5.74, 6) is 0.277. The fourth-order valence-electron chi connectivity index (χ4n) is 2.43. The van der Waals surface area contributed by atoms with E-state index in [0.717, 1.165) is 19.4 Å². The molecule has 1 fully saturated rings. The summed E-state index contributed by atoms with van der Waals surface area (Å²) < 4.78 is 0. The van der Waals surface area contributed by atoms with Crippen LogP contribution in [-0.4, -0.2) is 36.0 Å². The highest BCUT2D eigenvalue weighted by Gasteiger charge is 2.31. The molecule has 0 spiro atoms. The van der Waals surface area contributed by atoms with Gasteiger partial charge in [0.15, 0.2) is 0 Å². The Morgan fingerprint density at radius 1 is 1.12 bits per heavy atom. The third-order valence-electron chi connectivity index (χ3n) is 4.19. The minimum atomic E-state index is 0.0989. The highest BCUT2D eigenvalue weighted by molar-refractivity contribution is 4.85. The lowest BCUT2D eigenvalue weighted by Crippen LogP contribution is -2.44. The van der Waals surface area contributed by atoms with Crippen LogP contribution in [0.15, 0.2) is 0 Å². The molecule has 1 aliphatic carbocycles. The third kappa shape index (κ3) is 3.72. The van der Waals surface area contributed by atoms with Crippen LogP contribution >= 0.6 is 0 Å². The second-order valence-corrected chi connectivity index (χ2v) is 5.55. The average molecular weight is 229 g/mol. The van der Waals surface area contributed by atoms with Crippen molar-refractivity contribution < 1.29 is 10.2 Å². The molecule has 2 unspecified atom stereocenters. The number of hydrogen-bond donors (Lipinski definition) is 3. The van der Waals surface area contributed by atoms with Crippen LogP contribution in [-0.2, 0) is 0 Å². The van der Waals surface area contributed by atoms with Crippen LogP contribution in [0.5, 0.6) is 0 Å². The molecule has 1 rings (SSSR count). The predicted molar refractivity (Wildman–Crippen MR) is 66.3 cm³/mol. The lowest BCUT2D eigenvalue weighted by molar-refractivity contribution is 0.0747. The molecule has 96 valence electrons. The van der Waals surface area contributed by atoms with Gasteiger partial charge >= 0.3 is 0 Å². The first kappa shape index (κ1) is 13.9. The summed E-state index contributed by atoms with van der Waals surface area (Å²) in [6.45, 7) is 5.55. The molecule has 0 aliphatic heterocycles. The van der Waals surface area contributed by atoms with Crippen molar-refractivity contribution in [1.82, 2.24) is 5.32 Å². The molecule has 1 aliphatic rings. The molecular weight excluding hydrogens is 202 g/mol. The molecule has 0 aromatic carbocycles. The highest BCUT2D eigenvalue weighted by atomic mass is 16.3. The van der Waals surface area contributed by atoms with E-state index in [1.807, 2.05) is 6.92 Å². The predicted octanol–water partition coefficient (Wildman–Crippen LogP) is 1.54. The number of hydrogen-bond acceptors (Lipinski definition) is 3. The molecule has 1 saturated carbocycles. The molecule has 3 N–H and O–H groups in total. The van der Waals surface area contributed by atoms with Gasteiger partial charge in [0.05, 0.1) is 0 Å². The van der Waals surface area contributed by atoms with Gasteiger partial charge in [-0.15, -0.1) is 0 Å². The van der Waals surface area contributed by atoms with Gasteiger partial charge in [-0.3, -0.25) is 0 Å². The molecule has 0 saturated heterocycles. The zero-order valence-electron chi connectivity index (χ0n) is 10.7. The zero-order chi connectivity index (χ0) is 12.0. The van der Waals surface area contributed by atoms with E-state index in [1.54, 1.807) is 0 Å². The van der Waals surface area contributed by atoms with E-state index in [-0.39, 0.29) is 17.9 Å². The summed E-state index contributed by atoms with van der Waals surface area (Å²) in [6, 6.07) is 0.315. The SMILES string of the molecule is CC(CO)C(C)NCC1(CO)CCCCC1. The van der Waals surface area contributed by atoms with E-state index in [4.69, 9.17) is 5.11 Å². The minimum Gasteiger partial charge on any atom is -0.396 e. The van der Waals surface area contributed by atoms with Gasteiger partial charge < -0.3 is 15.5 Å². The van der Waals surface area contributed by atoms with Gasteiger partial charge in [-0.05, 0) is 25.7 Å². The molecule has 0 aromatic rings. The van der Waals surface area contributed by atoms with Crippen LogP contribution in [0.4, 0.5) is 0 Å². The van der Waals surface area contributed by atoms with Crippen molar-refractivity contribution in [2.75, 3.05) is 19.8 Å². The summed E-state index contributed by atoms with van der Waals surface area (Å²) in [4.78, 5) is 0. The van der Waals surface area contributed by atoms with Gasteiger partial charge in [0.2, 0.25) is 0 Å². The molecule has 3 nitrogen and oxygen atoms in total. The quantitative estimate of drug-likeness (QED) is 0.647. The fourth-order valence-corrected chi connectivity index (χ4v) is 2.43. The van der Waals surface area contributed by atoms with Crippen LogP contribution in [0.2, 0.25) is 0 Å². The van der Waals surface area contributed by atoms with E-state index in [1.165, 1.54) is 19.3 Å². The summed E-state index contributed by atoms with van der Waals surface area (Å²) in [7, 11) is 0. The summed E-state index contributed by atoms with van der Waals surface area (Å²) in [5.41, 5.74) is 0.0989. The smallest absolute Gasteiger partial charge is 0.0499 e. The Labute approximate surface area is 99.3 Å². The van der Waals surface area contributed by atoms with Gasteiger partial charge in [-0.25, -0.2) is 0 Å². The molecule has 3 heteroatoms. The van der Waals surface area contributed by atoms with Crippen molar-refractivity contribution in [3.05, 3.63) is 0 Å². The van der Waals surface area contributed by atoms with Crippen LogP contribution in [0, 0.1) is 11.3 Å². The van der Waals surface area contributed by atoms with Crippen LogP contribution < -0.4 is 5.32 Å². The maximum atomic E-state index is 9.56. The topological polar surface area (TPSA) is 52.5 Å². The highest BCUT2D eigenvalue weighted by Crippen LogP contribution is 2.35. The first-order valence-corrected chi connectivity index (χ1v) is 6.59. The summed E-state index contributed by atoms with van der Waals surface area (Å²) in [5, 5.41) is 22.1. The van der Waals surface area contributed by atoms with Crippen molar-refractivity contribution >= 4 is 0 Å². The summed E-state index contributed by atoms with van der Waals surface area (Å²) in [6.07, 6.45) is 6.07. The molecule has 0 aromatic heterocycles. The molecule has 0 heterocycles. The van der Waals surface area contributed by atoms with Gasteiger partial charge in [0.1, 0.15) is 0 Å². The van der Waals surface area contributed by atoms with E-state index >= 15 is 0 Å². The standard InChI is InChI=1S/C13H27NO2/c1-11(8-15)12(2)14-9-13(10-16)6-4-3-5-7-13/h11-12,14-16H,3-10H2,1-2H3. The molecule has 16 heavy (non-hydrogen) atoms. The summed E-state index contributed by atoms with van der Waals surface area (Å²) >= 11 is 0. The van der Waals surface area contributed by atoms with Crippen LogP contribution in [0.3, 0.4) is 0 Å². The first-order valence-electron chi connectivity index (χ1n) is 6.59. The van der Waals surface area contributed by atoms with Gasteiger partial charge in [-0.2, -0.15) is 0 Å². The Bertz CT molecular complexity index is 190. The van der Waals surface area contributed by atoms with Crippen molar-refractivity contribution in [3.63, 3.8) is 0 Å². The largest absolute Gasteiger partial charge is 0.396 e. The second kappa shape index (κ2) is 6.58. The Morgan fingerprint density at radius 2 is 1.75 bits per heavy atom. The van der Waals surface area contributed by atoms with Crippen molar-refractivity contribution in [1.29, 1.82) is 0 Å².